The molecule has 0 radical (unpaired) electrons. The molecule has 2 atom stereocenters. The van der Waals surface area contributed by atoms with E-state index in [0.717, 1.165) is 22.1 Å². The molecule has 158 valence electrons. The smallest absolute Gasteiger partial charge is 0.287 e. The molecule has 1 heterocycles. The Kier molecular flexibility index (Phi) is 6.05. The van der Waals surface area contributed by atoms with Gasteiger partial charge in [0.05, 0.1) is 7.11 Å². The maximum atomic E-state index is 12.7. The summed E-state index contributed by atoms with van der Waals surface area (Å²) in [6, 6.07) is 25.2. The van der Waals surface area contributed by atoms with E-state index < -0.39 is 0 Å². The molecule has 0 saturated heterocycles. The van der Waals surface area contributed by atoms with Crippen LogP contribution >= 0.6 is 0 Å². The molecule has 3 N–H and O–H groups in total. The molecule has 5 nitrogen and oxygen atoms in total. The highest BCUT2D eigenvalue weighted by atomic mass is 16.5. The van der Waals surface area contributed by atoms with Gasteiger partial charge in [0.25, 0.3) is 5.91 Å². The first-order valence-electron chi connectivity index (χ1n) is 10.3. The van der Waals surface area contributed by atoms with Gasteiger partial charge in [-0.05, 0) is 28.8 Å². The number of nitrogens with two attached hydrogens (primary N) is 1. The monoisotopic (exact) mass is 414 g/mol. The molecule has 0 aliphatic rings. The van der Waals surface area contributed by atoms with Crippen LogP contribution in [0.4, 0.5) is 0 Å². The van der Waals surface area contributed by atoms with Gasteiger partial charge in [0.2, 0.25) is 0 Å². The molecule has 0 spiro atoms. The van der Waals surface area contributed by atoms with Crippen molar-refractivity contribution in [3.63, 3.8) is 0 Å². The van der Waals surface area contributed by atoms with E-state index >= 15 is 0 Å². The molecule has 3 aromatic carbocycles. The molecule has 1 amide bonds. The lowest BCUT2D eigenvalue weighted by Crippen LogP contribution is -2.22. The summed E-state index contributed by atoms with van der Waals surface area (Å²) < 4.78 is 11.4. The van der Waals surface area contributed by atoms with Crippen molar-refractivity contribution in [3.8, 4) is 5.75 Å². The van der Waals surface area contributed by atoms with Crippen LogP contribution < -0.4 is 15.8 Å². The molecule has 5 heteroatoms. The minimum absolute atomic E-state index is 0.0862. The van der Waals surface area contributed by atoms with E-state index in [4.69, 9.17) is 14.9 Å². The van der Waals surface area contributed by atoms with Crippen LogP contribution in [-0.2, 0) is 6.54 Å². The normalized spacial score (nSPS) is 13.0. The number of amides is 1. The summed E-state index contributed by atoms with van der Waals surface area (Å²) in [6.07, 6.45) is 0. The Bertz CT molecular complexity index is 1170. The fourth-order valence-electron chi connectivity index (χ4n) is 3.78. The summed E-state index contributed by atoms with van der Waals surface area (Å²) in [4.78, 5) is 12.7. The number of fused-ring (bicyclic) bond motifs is 1. The van der Waals surface area contributed by atoms with Crippen LogP contribution in [0.3, 0.4) is 0 Å². The van der Waals surface area contributed by atoms with Gasteiger partial charge in [-0.3, -0.25) is 4.79 Å². The van der Waals surface area contributed by atoms with Crippen molar-refractivity contribution >= 4 is 16.9 Å². The number of hydrogen-bond acceptors (Lipinski definition) is 4. The van der Waals surface area contributed by atoms with Gasteiger partial charge in [0, 0.05) is 23.9 Å². The number of carbonyl (C=O) groups is 1. The summed E-state index contributed by atoms with van der Waals surface area (Å²) in [6.45, 7) is 2.52. The topological polar surface area (TPSA) is 77.5 Å². The van der Waals surface area contributed by atoms with Crippen LogP contribution in [0.5, 0.6) is 5.75 Å². The lowest BCUT2D eigenvalue weighted by molar-refractivity contribution is 0.0925. The molecule has 31 heavy (non-hydrogen) atoms. The van der Waals surface area contributed by atoms with Gasteiger partial charge in [-0.25, -0.2) is 0 Å². The third-order valence-corrected chi connectivity index (χ3v) is 5.64. The minimum Gasteiger partial charge on any atom is -0.493 e. The third-order valence-electron chi connectivity index (χ3n) is 5.64. The summed E-state index contributed by atoms with van der Waals surface area (Å²) in [5.74, 6) is 0.609. The van der Waals surface area contributed by atoms with Crippen molar-refractivity contribution in [3.05, 3.63) is 101 Å². The molecule has 0 aliphatic heterocycles. The Morgan fingerprint density at radius 1 is 1.03 bits per heavy atom. The largest absolute Gasteiger partial charge is 0.493 e. The standard InChI is InChI=1S/C26H26N2O3/c1-17(19-11-7-4-8-12-19)24(27)20-13-14-22(30-2)25-21(20)15-23(31-25)26(29)28-16-18-9-5-3-6-10-18/h3-15,17,24H,16,27H2,1-2H3,(H,28,29). The number of methoxy groups -OCH3 is 1. The highest BCUT2D eigenvalue weighted by Crippen LogP contribution is 2.38. The fourth-order valence-corrected chi connectivity index (χ4v) is 3.78. The zero-order chi connectivity index (χ0) is 21.8. The van der Waals surface area contributed by atoms with Crippen LogP contribution in [0, 0.1) is 0 Å². The second-order valence-electron chi connectivity index (χ2n) is 7.60. The molecule has 0 fully saturated rings. The second-order valence-corrected chi connectivity index (χ2v) is 7.60. The van der Waals surface area contributed by atoms with Crippen molar-refractivity contribution in [2.45, 2.75) is 25.4 Å². The van der Waals surface area contributed by atoms with Gasteiger partial charge in [-0.15, -0.1) is 0 Å². The lowest BCUT2D eigenvalue weighted by atomic mass is 9.88. The van der Waals surface area contributed by atoms with Crippen molar-refractivity contribution in [1.29, 1.82) is 0 Å². The predicted molar refractivity (Wildman–Crippen MR) is 122 cm³/mol. The lowest BCUT2D eigenvalue weighted by Gasteiger charge is -2.21. The number of rotatable bonds is 7. The molecule has 0 aliphatic carbocycles. The number of furan rings is 1. The Hall–Kier alpha value is -3.57. The number of hydrogen-bond donors (Lipinski definition) is 2. The first-order valence-corrected chi connectivity index (χ1v) is 10.3. The van der Waals surface area contributed by atoms with Crippen LogP contribution in [-0.4, -0.2) is 13.0 Å². The Morgan fingerprint density at radius 3 is 2.39 bits per heavy atom. The SMILES string of the molecule is COc1ccc(C(N)C(C)c2ccccc2)c2cc(C(=O)NCc3ccccc3)oc12. The van der Waals surface area contributed by atoms with Crippen molar-refractivity contribution in [1.82, 2.24) is 5.32 Å². The van der Waals surface area contributed by atoms with E-state index in [0.29, 0.717) is 17.9 Å². The Morgan fingerprint density at radius 2 is 1.71 bits per heavy atom. The van der Waals surface area contributed by atoms with Crippen molar-refractivity contribution in [2.75, 3.05) is 7.11 Å². The minimum atomic E-state index is -0.280. The van der Waals surface area contributed by atoms with Gasteiger partial charge >= 0.3 is 0 Å². The molecule has 2 unspecified atom stereocenters. The quantitative estimate of drug-likeness (QED) is 0.437. The molecular formula is C26H26N2O3. The zero-order valence-corrected chi connectivity index (χ0v) is 17.7. The summed E-state index contributed by atoms with van der Waals surface area (Å²) in [5.41, 5.74) is 10.3. The first kappa shape index (κ1) is 20.7. The zero-order valence-electron chi connectivity index (χ0n) is 17.7. The maximum Gasteiger partial charge on any atom is 0.287 e. The van der Waals surface area contributed by atoms with Crippen LogP contribution in [0.15, 0.2) is 83.3 Å². The third kappa shape index (κ3) is 4.32. The van der Waals surface area contributed by atoms with E-state index in [2.05, 4.69) is 24.4 Å². The molecule has 0 bridgehead atoms. The van der Waals surface area contributed by atoms with Gasteiger partial charge in [-0.1, -0.05) is 73.7 Å². The van der Waals surface area contributed by atoms with Gasteiger partial charge in [0.1, 0.15) is 0 Å². The average Bonchev–Trinajstić information content (AvgIpc) is 3.28. The predicted octanol–water partition coefficient (Wildman–Crippen LogP) is 5.17. The maximum absolute atomic E-state index is 12.7. The van der Waals surface area contributed by atoms with Crippen molar-refractivity contribution in [2.24, 2.45) is 5.73 Å². The van der Waals surface area contributed by atoms with Crippen LogP contribution in [0.1, 0.15) is 46.1 Å². The molecular weight excluding hydrogens is 388 g/mol. The average molecular weight is 415 g/mol. The van der Waals surface area contributed by atoms with Crippen molar-refractivity contribution < 1.29 is 13.9 Å². The summed E-state index contributed by atoms with van der Waals surface area (Å²) >= 11 is 0. The molecule has 1 aromatic heterocycles. The Labute approximate surface area is 181 Å². The fraction of sp³-hybridized carbons (Fsp3) is 0.192. The summed E-state index contributed by atoms with van der Waals surface area (Å²) in [7, 11) is 1.58. The number of ether oxygens (including phenoxy) is 1. The molecule has 4 aromatic rings. The Balaban J connectivity index is 1.65. The van der Waals surface area contributed by atoms with E-state index in [-0.39, 0.29) is 23.6 Å². The van der Waals surface area contributed by atoms with Gasteiger partial charge in [0.15, 0.2) is 17.1 Å². The highest BCUT2D eigenvalue weighted by molar-refractivity contribution is 5.98. The number of benzene rings is 3. The van der Waals surface area contributed by atoms with Gasteiger partial charge in [-0.2, -0.15) is 0 Å². The molecule has 4 rings (SSSR count). The van der Waals surface area contributed by atoms with Gasteiger partial charge < -0.3 is 20.2 Å². The van der Waals surface area contributed by atoms with E-state index in [9.17, 15) is 4.79 Å². The van der Waals surface area contributed by atoms with E-state index in [1.807, 2.05) is 60.7 Å². The highest BCUT2D eigenvalue weighted by Gasteiger charge is 2.23. The van der Waals surface area contributed by atoms with Crippen LogP contribution in [0.2, 0.25) is 0 Å². The number of nitrogens with one attached hydrogen (secondary N) is 1. The molecule has 0 saturated carbocycles. The number of carbonyl (C=O) groups excluding carboxylic acids is 1. The summed E-state index contributed by atoms with van der Waals surface area (Å²) in [5, 5.41) is 3.70. The second kappa shape index (κ2) is 9.06. The first-order chi connectivity index (χ1) is 15.1. The van der Waals surface area contributed by atoms with E-state index in [1.165, 1.54) is 0 Å². The van der Waals surface area contributed by atoms with Crippen LogP contribution in [0.25, 0.3) is 11.0 Å². The van der Waals surface area contributed by atoms with E-state index in [1.54, 1.807) is 13.2 Å².